The highest BCUT2D eigenvalue weighted by Gasteiger charge is 2.31. The van der Waals surface area contributed by atoms with Gasteiger partial charge in [0.05, 0.1) is 0 Å². The van der Waals surface area contributed by atoms with Gasteiger partial charge in [0.2, 0.25) is 11.9 Å². The molecular formula is C15H15ClFN5O. The van der Waals surface area contributed by atoms with Gasteiger partial charge in [0.1, 0.15) is 22.8 Å². The summed E-state index contributed by atoms with van der Waals surface area (Å²) in [5, 5.41) is 3.25. The van der Waals surface area contributed by atoms with Crippen LogP contribution in [0.5, 0.6) is 0 Å². The Morgan fingerprint density at radius 1 is 1.35 bits per heavy atom. The molecule has 1 saturated heterocycles. The summed E-state index contributed by atoms with van der Waals surface area (Å²) in [6.45, 7) is 1.06. The summed E-state index contributed by atoms with van der Waals surface area (Å²) in [7, 11) is 0. The molecule has 0 aliphatic carbocycles. The Morgan fingerprint density at radius 3 is 2.78 bits per heavy atom. The fraction of sp³-hybridized carbons (Fsp3) is 0.267. The van der Waals surface area contributed by atoms with E-state index in [4.69, 9.17) is 17.3 Å². The molecule has 8 heteroatoms. The third kappa shape index (κ3) is 3.68. The largest absolute Gasteiger partial charge is 0.368 e. The average Bonchev–Trinajstić information content (AvgIpc) is 2.82. The van der Waals surface area contributed by atoms with E-state index in [0.29, 0.717) is 25.3 Å². The molecule has 1 aromatic heterocycles. The first-order valence-corrected chi connectivity index (χ1v) is 7.49. The minimum atomic E-state index is -0.388. The van der Waals surface area contributed by atoms with Gasteiger partial charge < -0.3 is 16.0 Å². The van der Waals surface area contributed by atoms with Gasteiger partial charge in [-0.3, -0.25) is 4.79 Å². The number of hydrogen-bond donors (Lipinski definition) is 2. The van der Waals surface area contributed by atoms with Gasteiger partial charge in [-0.25, -0.2) is 9.37 Å². The van der Waals surface area contributed by atoms with Crippen molar-refractivity contribution < 1.29 is 9.18 Å². The number of halogens is 2. The van der Waals surface area contributed by atoms with Crippen molar-refractivity contribution in [2.75, 3.05) is 17.6 Å². The number of likely N-dealkylation sites (tertiary alicyclic amines) is 1. The molecule has 23 heavy (non-hydrogen) atoms. The van der Waals surface area contributed by atoms with E-state index in [1.54, 1.807) is 17.0 Å². The number of benzene rings is 1. The van der Waals surface area contributed by atoms with Gasteiger partial charge in [0.15, 0.2) is 0 Å². The van der Waals surface area contributed by atoms with Crippen LogP contribution in [0.15, 0.2) is 30.3 Å². The third-order valence-corrected chi connectivity index (χ3v) is 3.81. The number of nitrogens with two attached hydrogens (primary N) is 1. The number of amides is 1. The SMILES string of the molecule is Nc1nc(Cl)cc(NC2CCN(Cc3ccc(F)cc3)C2=O)n1. The Kier molecular flexibility index (Phi) is 4.29. The lowest BCUT2D eigenvalue weighted by Gasteiger charge is -2.17. The van der Waals surface area contributed by atoms with Gasteiger partial charge in [0, 0.05) is 19.2 Å². The molecule has 3 N–H and O–H groups in total. The molecule has 6 nitrogen and oxygen atoms in total. The van der Waals surface area contributed by atoms with E-state index < -0.39 is 0 Å². The highest BCUT2D eigenvalue weighted by atomic mass is 35.5. The van der Waals surface area contributed by atoms with Gasteiger partial charge in [-0.2, -0.15) is 4.98 Å². The van der Waals surface area contributed by atoms with Crippen molar-refractivity contribution in [3.8, 4) is 0 Å². The van der Waals surface area contributed by atoms with Crippen molar-refractivity contribution in [1.29, 1.82) is 0 Å². The third-order valence-electron chi connectivity index (χ3n) is 3.62. The highest BCUT2D eigenvalue weighted by molar-refractivity contribution is 6.29. The summed E-state index contributed by atoms with van der Waals surface area (Å²) >= 11 is 5.82. The maximum absolute atomic E-state index is 12.9. The molecule has 1 aromatic carbocycles. The van der Waals surface area contributed by atoms with Crippen LogP contribution >= 0.6 is 11.6 Å². The molecule has 2 heterocycles. The Labute approximate surface area is 137 Å². The summed E-state index contributed by atoms with van der Waals surface area (Å²) in [5.41, 5.74) is 6.42. The lowest BCUT2D eigenvalue weighted by atomic mass is 10.2. The Balaban J connectivity index is 1.65. The van der Waals surface area contributed by atoms with Crippen LogP contribution in [0.25, 0.3) is 0 Å². The highest BCUT2D eigenvalue weighted by Crippen LogP contribution is 2.20. The van der Waals surface area contributed by atoms with Crippen LogP contribution in [0.4, 0.5) is 16.2 Å². The Hall–Kier alpha value is -2.41. The number of carbonyl (C=O) groups is 1. The van der Waals surface area contributed by atoms with E-state index >= 15 is 0 Å². The van der Waals surface area contributed by atoms with Crippen LogP contribution in [0.3, 0.4) is 0 Å². The maximum atomic E-state index is 12.9. The summed E-state index contributed by atoms with van der Waals surface area (Å²) in [6.07, 6.45) is 0.640. The maximum Gasteiger partial charge on any atom is 0.245 e. The molecule has 0 saturated carbocycles. The number of nitrogens with zero attached hydrogens (tertiary/aromatic N) is 3. The molecule has 120 valence electrons. The first-order chi connectivity index (χ1) is 11.0. The standard InChI is InChI=1S/C15H15ClFN5O/c16-12-7-13(21-15(18)20-12)19-11-5-6-22(14(11)23)8-9-1-3-10(17)4-2-9/h1-4,7,11H,5-6,8H2,(H3,18,19,20,21). The molecule has 0 spiro atoms. The molecule has 2 aromatic rings. The zero-order valence-electron chi connectivity index (χ0n) is 12.2. The lowest BCUT2D eigenvalue weighted by molar-refractivity contribution is -0.128. The predicted molar refractivity (Wildman–Crippen MR) is 85.3 cm³/mol. The van der Waals surface area contributed by atoms with Crippen molar-refractivity contribution in [2.45, 2.75) is 19.0 Å². The number of nitrogen functional groups attached to an aromatic ring is 1. The molecule has 1 atom stereocenters. The van der Waals surface area contributed by atoms with Gasteiger partial charge in [-0.05, 0) is 24.1 Å². The fourth-order valence-corrected chi connectivity index (χ4v) is 2.72. The predicted octanol–water partition coefficient (Wildman–Crippen LogP) is 2.06. The number of hydrogen-bond acceptors (Lipinski definition) is 5. The molecule has 0 radical (unpaired) electrons. The Bertz CT molecular complexity index is 704. The summed E-state index contributed by atoms with van der Waals surface area (Å²) < 4.78 is 12.9. The second-order valence-electron chi connectivity index (χ2n) is 5.31. The Morgan fingerprint density at radius 2 is 2.09 bits per heavy atom. The van der Waals surface area contributed by atoms with E-state index in [-0.39, 0.29) is 28.9 Å². The van der Waals surface area contributed by atoms with Crippen LogP contribution in [0.1, 0.15) is 12.0 Å². The second-order valence-corrected chi connectivity index (χ2v) is 5.69. The van der Waals surface area contributed by atoms with E-state index in [1.165, 1.54) is 18.2 Å². The van der Waals surface area contributed by atoms with E-state index in [2.05, 4.69) is 15.3 Å². The monoisotopic (exact) mass is 335 g/mol. The molecule has 1 unspecified atom stereocenters. The minimum Gasteiger partial charge on any atom is -0.368 e. The number of rotatable bonds is 4. The molecule has 1 aliphatic rings. The van der Waals surface area contributed by atoms with Crippen LogP contribution in [0.2, 0.25) is 5.15 Å². The number of carbonyl (C=O) groups excluding carboxylic acids is 1. The van der Waals surface area contributed by atoms with Crippen molar-refractivity contribution in [3.05, 3.63) is 46.9 Å². The van der Waals surface area contributed by atoms with Gasteiger partial charge in [-0.15, -0.1) is 0 Å². The quantitative estimate of drug-likeness (QED) is 0.836. The molecule has 0 bridgehead atoms. The number of anilines is 2. The van der Waals surface area contributed by atoms with E-state index in [0.717, 1.165) is 5.56 Å². The van der Waals surface area contributed by atoms with Gasteiger partial charge in [0.25, 0.3) is 0 Å². The van der Waals surface area contributed by atoms with Crippen LogP contribution < -0.4 is 11.1 Å². The van der Waals surface area contributed by atoms with Gasteiger partial charge >= 0.3 is 0 Å². The average molecular weight is 336 g/mol. The summed E-state index contributed by atoms with van der Waals surface area (Å²) in [6, 6.07) is 7.26. The summed E-state index contributed by atoms with van der Waals surface area (Å²) in [5.74, 6) is 0.139. The zero-order valence-corrected chi connectivity index (χ0v) is 12.9. The minimum absolute atomic E-state index is 0.0392. The van der Waals surface area contributed by atoms with Crippen LogP contribution in [0, 0.1) is 5.82 Å². The number of aromatic nitrogens is 2. The smallest absolute Gasteiger partial charge is 0.245 e. The van der Waals surface area contributed by atoms with Crippen molar-refractivity contribution in [1.82, 2.24) is 14.9 Å². The molecular weight excluding hydrogens is 321 g/mol. The molecule has 1 aliphatic heterocycles. The lowest BCUT2D eigenvalue weighted by Crippen LogP contribution is -2.33. The number of nitrogens with one attached hydrogen (secondary N) is 1. The fourth-order valence-electron chi connectivity index (χ4n) is 2.53. The summed E-state index contributed by atoms with van der Waals surface area (Å²) in [4.78, 5) is 21.9. The normalized spacial score (nSPS) is 17.6. The zero-order chi connectivity index (χ0) is 16.4. The van der Waals surface area contributed by atoms with E-state index in [1.807, 2.05) is 0 Å². The van der Waals surface area contributed by atoms with Crippen molar-refractivity contribution in [2.24, 2.45) is 0 Å². The first kappa shape index (κ1) is 15.5. The molecule has 3 rings (SSSR count). The van der Waals surface area contributed by atoms with Crippen LogP contribution in [-0.4, -0.2) is 33.4 Å². The van der Waals surface area contributed by atoms with Crippen molar-refractivity contribution in [3.63, 3.8) is 0 Å². The van der Waals surface area contributed by atoms with E-state index in [9.17, 15) is 9.18 Å². The second kappa shape index (κ2) is 6.37. The van der Waals surface area contributed by atoms with Crippen LogP contribution in [-0.2, 0) is 11.3 Å². The molecule has 1 amide bonds. The topological polar surface area (TPSA) is 84.1 Å². The van der Waals surface area contributed by atoms with Gasteiger partial charge in [-0.1, -0.05) is 23.7 Å². The first-order valence-electron chi connectivity index (χ1n) is 7.11. The van der Waals surface area contributed by atoms with Crippen molar-refractivity contribution >= 4 is 29.3 Å². The molecule has 1 fully saturated rings.